The first-order valence-electron chi connectivity index (χ1n) is 7.06. The van der Waals surface area contributed by atoms with E-state index in [-0.39, 0.29) is 23.1 Å². The maximum Gasteiger partial charge on any atom is 0.154 e. The van der Waals surface area contributed by atoms with E-state index in [9.17, 15) is 8.42 Å². The molecule has 1 aromatic carbocycles. The lowest BCUT2D eigenvalue weighted by Crippen LogP contribution is -2.35. The summed E-state index contributed by atoms with van der Waals surface area (Å²) in [6.07, 6.45) is 0.225. The SMILES string of the molecule is CC(C)(C)NCc1cccc(Cl)c1OC1CCS(=O)(=O)C1. The van der Waals surface area contributed by atoms with Gasteiger partial charge in [0.2, 0.25) is 0 Å². The van der Waals surface area contributed by atoms with Gasteiger partial charge in [0.05, 0.1) is 16.5 Å². The van der Waals surface area contributed by atoms with Gasteiger partial charge in [-0.1, -0.05) is 23.7 Å². The van der Waals surface area contributed by atoms with Gasteiger partial charge in [-0.15, -0.1) is 0 Å². The number of hydrogen-bond donors (Lipinski definition) is 1. The molecular weight excluding hydrogens is 310 g/mol. The largest absolute Gasteiger partial charge is 0.487 e. The van der Waals surface area contributed by atoms with Gasteiger partial charge in [-0.3, -0.25) is 0 Å². The Morgan fingerprint density at radius 2 is 2.10 bits per heavy atom. The zero-order chi connectivity index (χ0) is 15.7. The summed E-state index contributed by atoms with van der Waals surface area (Å²) in [5.41, 5.74) is 0.928. The van der Waals surface area contributed by atoms with Crippen molar-refractivity contribution >= 4 is 21.4 Å². The molecule has 1 heterocycles. The van der Waals surface area contributed by atoms with Crippen molar-refractivity contribution in [3.05, 3.63) is 28.8 Å². The Morgan fingerprint density at radius 3 is 2.67 bits per heavy atom. The lowest BCUT2D eigenvalue weighted by atomic mass is 10.1. The molecular formula is C15H22ClNO3S. The van der Waals surface area contributed by atoms with Crippen LogP contribution in [0.3, 0.4) is 0 Å². The molecule has 2 rings (SSSR count). The monoisotopic (exact) mass is 331 g/mol. The number of sulfone groups is 1. The molecule has 0 aromatic heterocycles. The van der Waals surface area contributed by atoms with Crippen LogP contribution in [0, 0.1) is 0 Å². The van der Waals surface area contributed by atoms with E-state index < -0.39 is 9.84 Å². The van der Waals surface area contributed by atoms with Crippen molar-refractivity contribution in [2.45, 2.75) is 45.4 Å². The first-order valence-corrected chi connectivity index (χ1v) is 9.26. The molecule has 1 aliphatic heterocycles. The fraction of sp³-hybridized carbons (Fsp3) is 0.600. The van der Waals surface area contributed by atoms with E-state index in [1.165, 1.54) is 0 Å². The summed E-state index contributed by atoms with van der Waals surface area (Å²) < 4.78 is 29.0. The van der Waals surface area contributed by atoms with Gasteiger partial charge >= 0.3 is 0 Å². The third kappa shape index (κ3) is 4.87. The third-order valence-electron chi connectivity index (χ3n) is 3.33. The van der Waals surface area contributed by atoms with Crippen LogP contribution in [-0.4, -0.2) is 31.6 Å². The molecule has 1 atom stereocenters. The van der Waals surface area contributed by atoms with Gasteiger partial charge in [-0.25, -0.2) is 8.42 Å². The van der Waals surface area contributed by atoms with E-state index in [0.29, 0.717) is 23.7 Å². The number of nitrogens with one attached hydrogen (secondary N) is 1. The van der Waals surface area contributed by atoms with Gasteiger partial charge in [-0.2, -0.15) is 0 Å². The number of para-hydroxylation sites is 1. The first-order chi connectivity index (χ1) is 9.66. The average molecular weight is 332 g/mol. The molecule has 1 fully saturated rings. The summed E-state index contributed by atoms with van der Waals surface area (Å²) in [6, 6.07) is 5.59. The van der Waals surface area contributed by atoms with Crippen LogP contribution < -0.4 is 10.1 Å². The van der Waals surface area contributed by atoms with E-state index in [4.69, 9.17) is 16.3 Å². The van der Waals surface area contributed by atoms with Crippen molar-refractivity contribution < 1.29 is 13.2 Å². The number of hydrogen-bond acceptors (Lipinski definition) is 4. The zero-order valence-electron chi connectivity index (χ0n) is 12.6. The Balaban J connectivity index is 2.14. The van der Waals surface area contributed by atoms with Gasteiger partial charge in [0, 0.05) is 17.6 Å². The molecule has 0 amide bonds. The van der Waals surface area contributed by atoms with Crippen molar-refractivity contribution in [2.75, 3.05) is 11.5 Å². The van der Waals surface area contributed by atoms with E-state index in [1.807, 2.05) is 12.1 Å². The molecule has 0 aliphatic carbocycles. The van der Waals surface area contributed by atoms with Crippen LogP contribution in [0.25, 0.3) is 0 Å². The highest BCUT2D eigenvalue weighted by molar-refractivity contribution is 7.91. The summed E-state index contributed by atoms with van der Waals surface area (Å²) in [7, 11) is -2.96. The van der Waals surface area contributed by atoms with Crippen molar-refractivity contribution in [3.63, 3.8) is 0 Å². The number of ether oxygens (including phenoxy) is 1. The molecule has 6 heteroatoms. The molecule has 0 spiro atoms. The summed E-state index contributed by atoms with van der Waals surface area (Å²) in [5.74, 6) is 0.861. The Kier molecular flexibility index (Phi) is 4.85. The highest BCUT2D eigenvalue weighted by atomic mass is 35.5. The van der Waals surface area contributed by atoms with Gasteiger partial charge in [0.1, 0.15) is 11.9 Å². The Labute approximate surface area is 131 Å². The molecule has 21 heavy (non-hydrogen) atoms. The van der Waals surface area contributed by atoms with Crippen molar-refractivity contribution in [2.24, 2.45) is 0 Å². The fourth-order valence-electron chi connectivity index (χ4n) is 2.21. The van der Waals surface area contributed by atoms with Crippen molar-refractivity contribution in [1.29, 1.82) is 0 Å². The number of halogens is 1. The second-order valence-corrected chi connectivity index (χ2v) is 9.11. The molecule has 118 valence electrons. The van der Waals surface area contributed by atoms with E-state index in [1.54, 1.807) is 6.07 Å². The molecule has 1 N–H and O–H groups in total. The minimum atomic E-state index is -2.96. The highest BCUT2D eigenvalue weighted by Gasteiger charge is 2.30. The second-order valence-electron chi connectivity index (χ2n) is 6.47. The number of benzene rings is 1. The van der Waals surface area contributed by atoms with Crippen LogP contribution in [0.5, 0.6) is 5.75 Å². The first kappa shape index (κ1) is 16.6. The Morgan fingerprint density at radius 1 is 1.38 bits per heavy atom. The third-order valence-corrected chi connectivity index (χ3v) is 5.37. The van der Waals surface area contributed by atoms with Crippen LogP contribution in [-0.2, 0) is 16.4 Å². The smallest absolute Gasteiger partial charge is 0.154 e. The summed E-state index contributed by atoms with van der Waals surface area (Å²) in [4.78, 5) is 0. The molecule has 0 saturated carbocycles. The summed E-state index contributed by atoms with van der Waals surface area (Å²) in [6.45, 7) is 6.88. The lowest BCUT2D eigenvalue weighted by molar-refractivity contribution is 0.225. The van der Waals surface area contributed by atoms with Crippen molar-refractivity contribution in [3.8, 4) is 5.75 Å². The van der Waals surface area contributed by atoms with Crippen LogP contribution in [0.15, 0.2) is 18.2 Å². The number of rotatable bonds is 4. The van der Waals surface area contributed by atoms with Crippen LogP contribution >= 0.6 is 11.6 Å². The average Bonchev–Trinajstić information content (AvgIpc) is 2.68. The minimum absolute atomic E-state index is 0.0176. The molecule has 0 bridgehead atoms. The van der Waals surface area contributed by atoms with E-state index in [0.717, 1.165) is 5.56 Å². The lowest BCUT2D eigenvalue weighted by Gasteiger charge is -2.23. The van der Waals surface area contributed by atoms with Crippen molar-refractivity contribution in [1.82, 2.24) is 5.32 Å². The maximum absolute atomic E-state index is 11.5. The van der Waals surface area contributed by atoms with E-state index >= 15 is 0 Å². The van der Waals surface area contributed by atoms with Gasteiger partial charge in [-0.05, 0) is 33.3 Å². The molecule has 1 unspecified atom stereocenters. The second kappa shape index (κ2) is 6.15. The molecule has 0 radical (unpaired) electrons. The predicted octanol–water partition coefficient (Wildman–Crippen LogP) is 2.79. The van der Waals surface area contributed by atoms with Gasteiger partial charge < -0.3 is 10.1 Å². The predicted molar refractivity (Wildman–Crippen MR) is 85.7 cm³/mol. The van der Waals surface area contributed by atoms with Crippen LogP contribution in [0.1, 0.15) is 32.8 Å². The quantitative estimate of drug-likeness (QED) is 0.921. The molecule has 1 aliphatic rings. The maximum atomic E-state index is 11.5. The Hall–Kier alpha value is -0.780. The van der Waals surface area contributed by atoms with Gasteiger partial charge in [0.15, 0.2) is 9.84 Å². The highest BCUT2D eigenvalue weighted by Crippen LogP contribution is 2.31. The molecule has 1 aromatic rings. The molecule has 4 nitrogen and oxygen atoms in total. The summed E-state index contributed by atoms with van der Waals surface area (Å²) in [5, 5.41) is 3.91. The zero-order valence-corrected chi connectivity index (χ0v) is 14.2. The van der Waals surface area contributed by atoms with Crippen LogP contribution in [0.2, 0.25) is 5.02 Å². The Bertz CT molecular complexity index is 608. The van der Waals surface area contributed by atoms with Crippen LogP contribution in [0.4, 0.5) is 0 Å². The van der Waals surface area contributed by atoms with Gasteiger partial charge in [0.25, 0.3) is 0 Å². The standard InChI is InChI=1S/C15H22ClNO3S/c1-15(2,3)17-9-11-5-4-6-13(16)14(11)20-12-7-8-21(18,19)10-12/h4-6,12,17H,7-10H2,1-3H3. The summed E-state index contributed by atoms with van der Waals surface area (Å²) >= 11 is 6.23. The minimum Gasteiger partial charge on any atom is -0.487 e. The molecule has 1 saturated heterocycles. The normalized spacial score (nSPS) is 21.4. The topological polar surface area (TPSA) is 55.4 Å². The van der Waals surface area contributed by atoms with E-state index in [2.05, 4.69) is 26.1 Å². The fourth-order valence-corrected chi connectivity index (χ4v) is 4.03.